The molecule has 23 heavy (non-hydrogen) atoms. The normalized spacial score (nSPS) is 11.8. The molecular formula is C15H14FN5O2. The molecule has 0 spiro atoms. The van der Waals surface area contributed by atoms with Gasteiger partial charge in [0.2, 0.25) is 11.7 Å². The topological polar surface area (TPSA) is 101 Å². The number of halogens is 1. The molecule has 0 aliphatic carbocycles. The monoisotopic (exact) mass is 315 g/mol. The summed E-state index contributed by atoms with van der Waals surface area (Å²) in [6.07, 6.45) is 1.17. The number of nitrogens with one attached hydrogen (secondary N) is 1. The summed E-state index contributed by atoms with van der Waals surface area (Å²) >= 11 is 0. The lowest BCUT2D eigenvalue weighted by molar-refractivity contribution is -0.122. The average molecular weight is 315 g/mol. The van der Waals surface area contributed by atoms with Gasteiger partial charge in [0.25, 0.3) is 0 Å². The van der Waals surface area contributed by atoms with Gasteiger partial charge in [0.15, 0.2) is 11.6 Å². The number of carbonyl (C=O) groups is 2. The fourth-order valence-electron chi connectivity index (χ4n) is 1.83. The highest BCUT2D eigenvalue weighted by Gasteiger charge is 2.30. The van der Waals surface area contributed by atoms with Crippen LogP contribution in [0.15, 0.2) is 30.5 Å². The van der Waals surface area contributed by atoms with Crippen LogP contribution in [0.2, 0.25) is 0 Å². The Morgan fingerprint density at radius 1 is 1.30 bits per heavy atom. The molecule has 7 nitrogen and oxygen atoms in total. The third-order valence-electron chi connectivity index (χ3n) is 2.89. The van der Waals surface area contributed by atoms with E-state index in [1.54, 1.807) is 19.9 Å². The zero-order chi connectivity index (χ0) is 17.0. The van der Waals surface area contributed by atoms with Gasteiger partial charge in [-0.2, -0.15) is 15.2 Å². The third kappa shape index (κ3) is 3.77. The Kier molecular flexibility index (Phi) is 4.81. The largest absolute Gasteiger partial charge is 0.352 e. The van der Waals surface area contributed by atoms with Crippen LogP contribution in [0.5, 0.6) is 0 Å². The minimum absolute atomic E-state index is 0.111. The number of nitriles is 1. The first-order valence-corrected chi connectivity index (χ1v) is 6.85. The Balaban J connectivity index is 2.22. The summed E-state index contributed by atoms with van der Waals surface area (Å²) < 4.78 is 12.9. The first-order valence-electron chi connectivity index (χ1n) is 6.85. The Labute approximate surface area is 131 Å². The molecule has 0 fully saturated rings. The Morgan fingerprint density at radius 2 is 1.96 bits per heavy atom. The maximum atomic E-state index is 12.9. The minimum Gasteiger partial charge on any atom is -0.352 e. The lowest BCUT2D eigenvalue weighted by Gasteiger charge is -2.10. The van der Waals surface area contributed by atoms with Crippen LogP contribution in [-0.4, -0.2) is 32.7 Å². The van der Waals surface area contributed by atoms with Crippen molar-refractivity contribution in [2.75, 3.05) is 0 Å². The molecule has 8 heteroatoms. The Hall–Kier alpha value is -3.08. The number of aromatic nitrogens is 3. The number of hydrogen-bond donors (Lipinski definition) is 1. The van der Waals surface area contributed by atoms with Crippen LogP contribution in [0.25, 0.3) is 5.69 Å². The summed E-state index contributed by atoms with van der Waals surface area (Å²) in [6.45, 7) is 3.45. The van der Waals surface area contributed by atoms with Crippen LogP contribution >= 0.6 is 0 Å². The Bertz CT molecular complexity index is 761. The van der Waals surface area contributed by atoms with E-state index in [2.05, 4.69) is 15.5 Å². The van der Waals surface area contributed by atoms with Gasteiger partial charge >= 0.3 is 0 Å². The molecule has 2 rings (SSSR count). The van der Waals surface area contributed by atoms with E-state index in [4.69, 9.17) is 5.26 Å². The average Bonchev–Trinajstić information content (AvgIpc) is 2.97. The number of carbonyl (C=O) groups excluding carboxylic acids is 2. The van der Waals surface area contributed by atoms with Crippen LogP contribution in [-0.2, 0) is 4.79 Å². The highest BCUT2D eigenvalue weighted by Crippen LogP contribution is 2.10. The molecule has 1 aromatic carbocycles. The standard InChI is InChI=1S/C15H14FN5O2/c1-9(2)19-15(23)12(7-17)14(22)13-8-18-21(20-13)11-5-3-10(16)4-6-11/h3-6,8-9,12H,1-2H3,(H,19,23)/t12-/m0/s1. The number of amides is 1. The van der Waals surface area contributed by atoms with Gasteiger partial charge in [0.05, 0.1) is 18.0 Å². The number of rotatable bonds is 5. The molecular weight excluding hydrogens is 301 g/mol. The molecule has 1 atom stereocenters. The number of nitrogens with zero attached hydrogens (tertiary/aromatic N) is 4. The van der Waals surface area contributed by atoms with Crippen molar-refractivity contribution < 1.29 is 14.0 Å². The molecule has 1 N–H and O–H groups in total. The SMILES string of the molecule is CC(C)NC(=O)[C@@H](C#N)C(=O)c1cnn(-c2ccc(F)cc2)n1. The summed E-state index contributed by atoms with van der Waals surface area (Å²) in [5.41, 5.74) is 0.338. The third-order valence-corrected chi connectivity index (χ3v) is 2.89. The van der Waals surface area contributed by atoms with Crippen molar-refractivity contribution in [2.24, 2.45) is 5.92 Å². The number of Topliss-reactive ketones (excluding diaryl/α,β-unsaturated/α-hetero) is 1. The minimum atomic E-state index is -1.49. The highest BCUT2D eigenvalue weighted by atomic mass is 19.1. The molecule has 0 unspecified atom stereocenters. The summed E-state index contributed by atoms with van der Waals surface area (Å²) in [6, 6.07) is 6.82. The lowest BCUT2D eigenvalue weighted by atomic mass is 10.0. The van der Waals surface area contributed by atoms with Gasteiger partial charge in [-0.1, -0.05) is 0 Å². The van der Waals surface area contributed by atoms with E-state index in [1.807, 2.05) is 0 Å². The molecule has 0 radical (unpaired) electrons. The predicted octanol–water partition coefficient (Wildman–Crippen LogP) is 1.25. The van der Waals surface area contributed by atoms with Gasteiger partial charge in [-0.15, -0.1) is 5.10 Å². The van der Waals surface area contributed by atoms with Crippen LogP contribution in [0, 0.1) is 23.1 Å². The molecule has 118 valence electrons. The molecule has 0 saturated carbocycles. The van der Waals surface area contributed by atoms with Crippen molar-refractivity contribution in [3.63, 3.8) is 0 Å². The van der Waals surface area contributed by atoms with E-state index in [0.29, 0.717) is 5.69 Å². The highest BCUT2D eigenvalue weighted by molar-refractivity contribution is 6.11. The lowest BCUT2D eigenvalue weighted by Crippen LogP contribution is -2.38. The molecule has 0 saturated heterocycles. The van der Waals surface area contributed by atoms with E-state index < -0.39 is 23.4 Å². The summed E-state index contributed by atoms with van der Waals surface area (Å²) in [5.74, 6) is -3.31. The number of benzene rings is 1. The summed E-state index contributed by atoms with van der Waals surface area (Å²) in [5, 5.41) is 19.4. The van der Waals surface area contributed by atoms with Crippen molar-refractivity contribution in [3.05, 3.63) is 42.0 Å². The van der Waals surface area contributed by atoms with Gasteiger partial charge in [-0.3, -0.25) is 9.59 Å². The van der Waals surface area contributed by atoms with Gasteiger partial charge < -0.3 is 5.32 Å². The fraction of sp³-hybridized carbons (Fsp3) is 0.267. The summed E-state index contributed by atoms with van der Waals surface area (Å²) in [4.78, 5) is 25.2. The molecule has 0 aliphatic rings. The van der Waals surface area contributed by atoms with E-state index in [1.165, 1.54) is 30.5 Å². The quantitative estimate of drug-likeness (QED) is 0.661. The molecule has 1 heterocycles. The Morgan fingerprint density at radius 3 is 2.52 bits per heavy atom. The molecule has 1 amide bonds. The first kappa shape index (κ1) is 16.3. The van der Waals surface area contributed by atoms with Gasteiger partial charge in [0.1, 0.15) is 5.82 Å². The van der Waals surface area contributed by atoms with Crippen LogP contribution < -0.4 is 5.32 Å². The zero-order valence-corrected chi connectivity index (χ0v) is 12.5. The van der Waals surface area contributed by atoms with Crippen molar-refractivity contribution in [3.8, 4) is 11.8 Å². The van der Waals surface area contributed by atoms with Crippen LogP contribution in [0.4, 0.5) is 4.39 Å². The zero-order valence-electron chi connectivity index (χ0n) is 12.5. The van der Waals surface area contributed by atoms with Crippen molar-refractivity contribution >= 4 is 11.7 Å². The van der Waals surface area contributed by atoms with Crippen molar-refractivity contribution in [1.29, 1.82) is 5.26 Å². The summed E-state index contributed by atoms with van der Waals surface area (Å²) in [7, 11) is 0. The van der Waals surface area contributed by atoms with E-state index in [0.717, 1.165) is 4.80 Å². The van der Waals surface area contributed by atoms with Crippen molar-refractivity contribution in [2.45, 2.75) is 19.9 Å². The van der Waals surface area contributed by atoms with Gasteiger partial charge in [-0.25, -0.2) is 4.39 Å². The molecule has 0 bridgehead atoms. The van der Waals surface area contributed by atoms with E-state index in [9.17, 15) is 14.0 Å². The second kappa shape index (κ2) is 6.79. The molecule has 2 aromatic rings. The van der Waals surface area contributed by atoms with Gasteiger partial charge in [0, 0.05) is 6.04 Å². The predicted molar refractivity (Wildman–Crippen MR) is 78.0 cm³/mol. The smallest absolute Gasteiger partial charge is 0.245 e. The second-order valence-electron chi connectivity index (χ2n) is 5.09. The maximum Gasteiger partial charge on any atom is 0.245 e. The van der Waals surface area contributed by atoms with Crippen LogP contribution in [0.3, 0.4) is 0 Å². The first-order chi connectivity index (χ1) is 10.9. The van der Waals surface area contributed by atoms with Crippen LogP contribution in [0.1, 0.15) is 24.3 Å². The molecule has 1 aromatic heterocycles. The second-order valence-corrected chi connectivity index (χ2v) is 5.09. The van der Waals surface area contributed by atoms with Crippen molar-refractivity contribution in [1.82, 2.24) is 20.3 Å². The number of hydrogen-bond acceptors (Lipinski definition) is 5. The van der Waals surface area contributed by atoms with E-state index >= 15 is 0 Å². The fourth-order valence-corrected chi connectivity index (χ4v) is 1.83. The van der Waals surface area contributed by atoms with E-state index in [-0.39, 0.29) is 11.7 Å². The number of ketones is 1. The van der Waals surface area contributed by atoms with Gasteiger partial charge in [-0.05, 0) is 38.1 Å². The molecule has 0 aliphatic heterocycles. The maximum absolute atomic E-state index is 12.9.